The average Bonchev–Trinajstić information content (AvgIpc) is 3.14. The number of nitrogens with zero attached hydrogens (tertiary/aromatic N) is 1. The van der Waals surface area contributed by atoms with E-state index in [4.69, 9.17) is 9.47 Å². The van der Waals surface area contributed by atoms with Gasteiger partial charge in [-0.05, 0) is 54.8 Å². The normalized spacial score (nSPS) is 19.1. The minimum atomic E-state index is 0.0416. The molecule has 0 bridgehead atoms. The number of hydrogen-bond donors (Lipinski definition) is 1. The molecule has 0 radical (unpaired) electrons. The van der Waals surface area contributed by atoms with Gasteiger partial charge in [-0.15, -0.1) is 0 Å². The second kappa shape index (κ2) is 8.31. The predicted molar refractivity (Wildman–Crippen MR) is 107 cm³/mol. The maximum atomic E-state index is 12.7. The van der Waals surface area contributed by atoms with Crippen LogP contribution in [0.5, 0.6) is 11.5 Å². The van der Waals surface area contributed by atoms with Crippen LogP contribution in [0.2, 0.25) is 0 Å². The maximum absolute atomic E-state index is 12.7. The van der Waals surface area contributed by atoms with Crippen LogP contribution < -0.4 is 14.8 Å². The standard InChI is InChI=1S/C21H23BrN2O3/c22-18-5-1-3-16(9-18)12-24-8-2-4-17(13-24)21(25)23-11-15-6-7-19-20(10-15)27-14-26-19/h1,3,5-7,9-10,17H,2,4,8,11-14H2,(H,23,25). The molecule has 2 heterocycles. The van der Waals surface area contributed by atoms with Gasteiger partial charge in [0.2, 0.25) is 12.7 Å². The molecule has 4 rings (SSSR count). The molecule has 1 atom stereocenters. The SMILES string of the molecule is O=C(NCc1ccc2c(c1)OCO2)C1CCCN(Cc2cccc(Br)c2)C1. The van der Waals surface area contributed by atoms with Crippen molar-refractivity contribution in [3.8, 4) is 11.5 Å². The molecule has 2 aliphatic rings. The molecule has 6 heteroatoms. The largest absolute Gasteiger partial charge is 0.454 e. The van der Waals surface area contributed by atoms with Gasteiger partial charge in [0, 0.05) is 24.1 Å². The van der Waals surface area contributed by atoms with E-state index in [9.17, 15) is 4.79 Å². The third-order valence-electron chi connectivity index (χ3n) is 5.08. The van der Waals surface area contributed by atoms with Gasteiger partial charge in [0.25, 0.3) is 0 Å². The summed E-state index contributed by atoms with van der Waals surface area (Å²) < 4.78 is 11.8. The summed E-state index contributed by atoms with van der Waals surface area (Å²) in [7, 11) is 0. The van der Waals surface area contributed by atoms with Crippen molar-refractivity contribution in [2.75, 3.05) is 19.9 Å². The van der Waals surface area contributed by atoms with Crippen LogP contribution in [0.3, 0.4) is 0 Å². The number of ether oxygens (including phenoxy) is 2. The second-order valence-electron chi connectivity index (χ2n) is 7.11. The Bertz CT molecular complexity index is 827. The molecule has 5 nitrogen and oxygen atoms in total. The Morgan fingerprint density at radius 2 is 2.04 bits per heavy atom. The molecule has 2 aromatic rings. The molecule has 2 aromatic carbocycles. The van der Waals surface area contributed by atoms with E-state index in [-0.39, 0.29) is 18.6 Å². The Hall–Kier alpha value is -2.05. The first-order valence-electron chi connectivity index (χ1n) is 9.30. The number of nitrogens with one attached hydrogen (secondary N) is 1. The monoisotopic (exact) mass is 430 g/mol. The molecule has 1 fully saturated rings. The van der Waals surface area contributed by atoms with E-state index in [2.05, 4.69) is 44.3 Å². The molecule has 2 aliphatic heterocycles. The summed E-state index contributed by atoms with van der Waals surface area (Å²) in [6.07, 6.45) is 2.00. The first kappa shape index (κ1) is 18.3. The number of carbonyl (C=O) groups is 1. The zero-order chi connectivity index (χ0) is 18.6. The Balaban J connectivity index is 1.30. The maximum Gasteiger partial charge on any atom is 0.231 e. The van der Waals surface area contributed by atoms with Gasteiger partial charge in [-0.2, -0.15) is 0 Å². The minimum absolute atomic E-state index is 0.0416. The highest BCUT2D eigenvalue weighted by Crippen LogP contribution is 2.32. The Labute approximate surface area is 167 Å². The average molecular weight is 431 g/mol. The quantitative estimate of drug-likeness (QED) is 0.785. The van der Waals surface area contributed by atoms with Gasteiger partial charge in [0.05, 0.1) is 5.92 Å². The van der Waals surface area contributed by atoms with Crippen molar-refractivity contribution >= 4 is 21.8 Å². The Kier molecular flexibility index (Phi) is 5.64. The zero-order valence-corrected chi connectivity index (χ0v) is 16.7. The van der Waals surface area contributed by atoms with Crippen molar-refractivity contribution in [2.45, 2.75) is 25.9 Å². The number of amides is 1. The van der Waals surface area contributed by atoms with Crippen molar-refractivity contribution in [1.29, 1.82) is 0 Å². The number of benzene rings is 2. The lowest BCUT2D eigenvalue weighted by Crippen LogP contribution is -2.42. The Morgan fingerprint density at radius 1 is 1.15 bits per heavy atom. The van der Waals surface area contributed by atoms with Crippen LogP contribution in [0.25, 0.3) is 0 Å². The molecule has 1 unspecified atom stereocenters. The van der Waals surface area contributed by atoms with Crippen LogP contribution in [-0.2, 0) is 17.9 Å². The summed E-state index contributed by atoms with van der Waals surface area (Å²) in [4.78, 5) is 15.0. The van der Waals surface area contributed by atoms with Crippen LogP contribution in [0.4, 0.5) is 0 Å². The minimum Gasteiger partial charge on any atom is -0.454 e. The third kappa shape index (κ3) is 4.62. The first-order valence-corrected chi connectivity index (χ1v) is 10.1. The van der Waals surface area contributed by atoms with E-state index >= 15 is 0 Å². The molecular weight excluding hydrogens is 408 g/mol. The molecule has 1 N–H and O–H groups in total. The number of hydrogen-bond acceptors (Lipinski definition) is 4. The first-order chi connectivity index (χ1) is 13.2. The highest BCUT2D eigenvalue weighted by atomic mass is 79.9. The number of carbonyl (C=O) groups excluding carboxylic acids is 1. The third-order valence-corrected chi connectivity index (χ3v) is 5.57. The highest BCUT2D eigenvalue weighted by Gasteiger charge is 2.25. The van der Waals surface area contributed by atoms with Crippen molar-refractivity contribution < 1.29 is 14.3 Å². The van der Waals surface area contributed by atoms with E-state index in [1.807, 2.05) is 24.3 Å². The van der Waals surface area contributed by atoms with Crippen molar-refractivity contribution in [1.82, 2.24) is 10.2 Å². The number of halogens is 1. The van der Waals surface area contributed by atoms with Gasteiger partial charge in [0.15, 0.2) is 11.5 Å². The summed E-state index contributed by atoms with van der Waals surface area (Å²) in [6, 6.07) is 14.2. The summed E-state index contributed by atoms with van der Waals surface area (Å²) in [6.45, 7) is 3.50. The fourth-order valence-electron chi connectivity index (χ4n) is 3.69. The highest BCUT2D eigenvalue weighted by molar-refractivity contribution is 9.10. The molecule has 27 heavy (non-hydrogen) atoms. The molecular formula is C21H23BrN2O3. The summed E-state index contributed by atoms with van der Waals surface area (Å²) in [5.41, 5.74) is 2.29. The molecule has 1 saturated heterocycles. The molecule has 142 valence electrons. The van der Waals surface area contributed by atoms with Gasteiger partial charge in [-0.3, -0.25) is 9.69 Å². The fraction of sp³-hybridized carbons (Fsp3) is 0.381. The summed E-state index contributed by atoms with van der Waals surface area (Å²) in [5, 5.41) is 3.08. The number of fused-ring (bicyclic) bond motifs is 1. The van der Waals surface area contributed by atoms with Crippen molar-refractivity contribution in [2.24, 2.45) is 5.92 Å². The van der Waals surface area contributed by atoms with Crippen LogP contribution >= 0.6 is 15.9 Å². The van der Waals surface area contributed by atoms with Gasteiger partial charge in [0.1, 0.15) is 0 Å². The smallest absolute Gasteiger partial charge is 0.231 e. The lowest BCUT2D eigenvalue weighted by molar-refractivity contribution is -0.126. The molecule has 0 spiro atoms. The lowest BCUT2D eigenvalue weighted by atomic mass is 9.96. The zero-order valence-electron chi connectivity index (χ0n) is 15.1. The van der Waals surface area contributed by atoms with Crippen molar-refractivity contribution in [3.63, 3.8) is 0 Å². The lowest BCUT2D eigenvalue weighted by Gasteiger charge is -2.32. The van der Waals surface area contributed by atoms with Gasteiger partial charge < -0.3 is 14.8 Å². The fourth-order valence-corrected chi connectivity index (χ4v) is 4.14. The molecule has 0 aromatic heterocycles. The number of likely N-dealkylation sites (tertiary alicyclic amines) is 1. The van der Waals surface area contributed by atoms with Gasteiger partial charge in [-0.25, -0.2) is 0 Å². The topological polar surface area (TPSA) is 50.8 Å². The van der Waals surface area contributed by atoms with Crippen LogP contribution in [-0.4, -0.2) is 30.7 Å². The molecule has 0 aliphatic carbocycles. The number of piperidine rings is 1. The van der Waals surface area contributed by atoms with Gasteiger partial charge >= 0.3 is 0 Å². The van der Waals surface area contributed by atoms with E-state index in [1.165, 1.54) is 5.56 Å². The van der Waals surface area contributed by atoms with E-state index < -0.39 is 0 Å². The Morgan fingerprint density at radius 3 is 2.93 bits per heavy atom. The predicted octanol–water partition coefficient (Wildman–Crippen LogP) is 3.71. The van der Waals surface area contributed by atoms with E-state index in [0.717, 1.165) is 54.0 Å². The van der Waals surface area contributed by atoms with Crippen molar-refractivity contribution in [3.05, 3.63) is 58.1 Å². The van der Waals surface area contributed by atoms with Crippen LogP contribution in [0.1, 0.15) is 24.0 Å². The molecule has 1 amide bonds. The van der Waals surface area contributed by atoms with Crippen LogP contribution in [0.15, 0.2) is 46.9 Å². The number of rotatable bonds is 5. The molecule has 0 saturated carbocycles. The summed E-state index contributed by atoms with van der Waals surface area (Å²) in [5.74, 6) is 1.69. The van der Waals surface area contributed by atoms with Gasteiger partial charge in [-0.1, -0.05) is 34.1 Å². The summed E-state index contributed by atoms with van der Waals surface area (Å²) >= 11 is 3.52. The second-order valence-corrected chi connectivity index (χ2v) is 8.03. The van der Waals surface area contributed by atoms with E-state index in [1.54, 1.807) is 0 Å². The van der Waals surface area contributed by atoms with E-state index in [0.29, 0.717) is 6.54 Å². The van der Waals surface area contributed by atoms with Crippen LogP contribution in [0, 0.1) is 5.92 Å².